The van der Waals surface area contributed by atoms with Crippen LogP contribution in [0.5, 0.6) is 23.1 Å². The van der Waals surface area contributed by atoms with Gasteiger partial charge in [0.15, 0.2) is 17.2 Å². The van der Waals surface area contributed by atoms with Crippen LogP contribution in [0.3, 0.4) is 0 Å². The van der Waals surface area contributed by atoms with Crippen LogP contribution >= 0.6 is 0 Å². The lowest BCUT2D eigenvalue weighted by molar-refractivity contribution is -0.384. The van der Waals surface area contributed by atoms with Crippen molar-refractivity contribution in [2.45, 2.75) is 120 Å². The van der Waals surface area contributed by atoms with E-state index in [4.69, 9.17) is 23.9 Å². The second-order valence-corrected chi connectivity index (χ2v) is 24.1. The largest absolute Gasteiger partial charge is 0.489 e. The number of anilines is 2. The molecule has 1 spiro atoms. The molecule has 0 unspecified atom stereocenters. The van der Waals surface area contributed by atoms with E-state index < -0.39 is 37.0 Å². The number of piperidine rings is 1. The second kappa shape index (κ2) is 20.9. The number of morpholine rings is 1. The van der Waals surface area contributed by atoms with Gasteiger partial charge in [-0.2, -0.15) is 4.98 Å². The van der Waals surface area contributed by atoms with E-state index in [1.165, 1.54) is 42.9 Å². The molecule has 5 fully saturated rings. The molecule has 2 aliphatic carbocycles. The molecule has 3 saturated heterocycles. The molecule has 1 amide bonds. The first kappa shape index (κ1) is 51.1. The Labute approximate surface area is 438 Å². The normalized spacial score (nSPS) is 24.3. The van der Waals surface area contributed by atoms with Gasteiger partial charge in [0.1, 0.15) is 24.6 Å². The molecular weight excluding hydrogens is 977 g/mol. The van der Waals surface area contributed by atoms with Gasteiger partial charge in [0, 0.05) is 80.3 Å². The van der Waals surface area contributed by atoms with E-state index in [0.717, 1.165) is 62.7 Å². The van der Waals surface area contributed by atoms with E-state index in [2.05, 4.69) is 67.8 Å². The zero-order valence-electron chi connectivity index (χ0n) is 43.2. The van der Waals surface area contributed by atoms with Crippen LogP contribution in [0.1, 0.15) is 118 Å². The molecule has 6 aliphatic rings. The van der Waals surface area contributed by atoms with Crippen molar-refractivity contribution in [3.05, 3.63) is 99.7 Å². The van der Waals surface area contributed by atoms with Crippen LogP contribution in [0, 0.1) is 21.4 Å². The third kappa shape index (κ3) is 10.8. The molecule has 75 heavy (non-hydrogen) atoms. The molecule has 4 N–H and O–H groups in total. The number of aliphatic hydroxyl groups is 1. The van der Waals surface area contributed by atoms with Crippen LogP contribution in [-0.4, -0.2) is 128 Å². The zero-order chi connectivity index (χ0) is 52.1. The number of carbonyl (C=O) groups excluding carboxylic acids is 1. The lowest BCUT2D eigenvalue weighted by Gasteiger charge is -2.56. The highest BCUT2D eigenvalue weighted by Gasteiger charge is 2.50. The first-order valence-electron chi connectivity index (χ1n) is 26.9. The Hall–Kier alpha value is -5.99. The summed E-state index contributed by atoms with van der Waals surface area (Å²) in [5.41, 5.74) is 3.34. The molecule has 6 heterocycles. The van der Waals surface area contributed by atoms with E-state index in [-0.39, 0.29) is 58.4 Å². The van der Waals surface area contributed by atoms with Gasteiger partial charge >= 0.3 is 0 Å². The van der Waals surface area contributed by atoms with Crippen LogP contribution in [0.4, 0.5) is 17.1 Å². The van der Waals surface area contributed by atoms with Crippen molar-refractivity contribution in [3.8, 4) is 23.1 Å². The number of hydrogen-bond acceptors (Lipinski definition) is 15. The Morgan fingerprint density at radius 1 is 0.973 bits per heavy atom. The smallest absolute Gasteiger partial charge is 0.297 e. The number of nitrogens with zero attached hydrogens (tertiary/aromatic N) is 5. The number of fused-ring (bicyclic) bond motifs is 2. The minimum Gasteiger partial charge on any atom is -0.489 e. The Balaban J connectivity index is 0.839. The van der Waals surface area contributed by atoms with Crippen LogP contribution in [0.25, 0.3) is 11.0 Å². The second-order valence-electron chi connectivity index (χ2n) is 22.4. The summed E-state index contributed by atoms with van der Waals surface area (Å²) in [4.78, 5) is 41.1. The summed E-state index contributed by atoms with van der Waals surface area (Å²) in [6, 6.07) is 20.7. The number of aromatic amines is 1. The molecule has 2 aromatic heterocycles. The number of nitro groups is 1. The monoisotopic (exact) mass is 1050 g/mol. The van der Waals surface area contributed by atoms with E-state index in [1.54, 1.807) is 24.4 Å². The zero-order valence-corrected chi connectivity index (χ0v) is 44.0. The van der Waals surface area contributed by atoms with Gasteiger partial charge in [-0.1, -0.05) is 38.1 Å². The maximum atomic E-state index is 14.5. The number of sulfonamides is 1. The molecule has 0 bridgehead atoms. The van der Waals surface area contributed by atoms with Crippen molar-refractivity contribution in [3.63, 3.8) is 0 Å². The summed E-state index contributed by atoms with van der Waals surface area (Å²) in [5, 5.41) is 27.1. The van der Waals surface area contributed by atoms with Gasteiger partial charge in [-0.25, -0.2) is 13.1 Å². The lowest BCUT2D eigenvalue weighted by atomic mass is 9.59. The number of hydrogen-bond donors (Lipinski definition) is 4. The fourth-order valence-electron chi connectivity index (χ4n) is 12.7. The Morgan fingerprint density at radius 2 is 1.75 bits per heavy atom. The molecule has 18 nitrogen and oxygen atoms in total. The highest BCUT2D eigenvalue weighted by Crippen LogP contribution is 2.54. The average molecular weight is 1050 g/mol. The van der Waals surface area contributed by atoms with E-state index >= 15 is 0 Å². The SMILES string of the molecule is CC(C)c1ccccc1[C@@H]1CCCN1C1CC2(CCN(c3ccc(C(=O)NS(=O)(=O)c4cc5c(c([N+](=O)[O-])c4)N[C@@H]([C@H]4CC[C@](C)(O)CC4)CO5)c(Oc4cc5cc[nH]c5nc4OCCN4CCOCC4)c3)CC2)C1. The van der Waals surface area contributed by atoms with Gasteiger partial charge < -0.3 is 39.3 Å². The summed E-state index contributed by atoms with van der Waals surface area (Å²) >= 11 is 0. The molecule has 5 aromatic rings. The van der Waals surface area contributed by atoms with Crippen LogP contribution in [-0.2, 0) is 14.8 Å². The third-order valence-corrected chi connectivity index (χ3v) is 18.4. The molecule has 2 saturated carbocycles. The minimum absolute atomic E-state index is 0.00774. The summed E-state index contributed by atoms with van der Waals surface area (Å²) in [6.45, 7) is 13.0. The number of pyridine rings is 1. The number of benzene rings is 3. The molecular formula is C56H70N8O10S. The molecule has 400 valence electrons. The molecule has 19 heteroatoms. The maximum Gasteiger partial charge on any atom is 0.297 e. The van der Waals surface area contributed by atoms with Crippen LogP contribution in [0.2, 0.25) is 0 Å². The van der Waals surface area contributed by atoms with E-state index in [0.29, 0.717) is 75.7 Å². The predicted octanol–water partition coefficient (Wildman–Crippen LogP) is 8.92. The standard InChI is InChI=1S/C56H70N8O10S/c1-36(2)42-7-4-5-8-43(42)46-9-6-20-63(46)40-33-56(34-40)17-21-62(22-18-56)39-10-11-44(48(30-39)74-50-29-38-14-19-57-52(38)59-54(50)72-28-25-61-23-26-71-27-24-61)53(65)60-75(69,70)41-31-47(64(67)68)51-49(32-41)73-35-45(58-51)37-12-15-55(3,66)16-13-37/h4-5,7-8,10-11,14,19,29-32,36-37,40,45-46,58,66H,6,9,12-13,15-18,20-28,33-35H2,1-3H3,(H,57,59)(H,60,65)/t37-,45-,46+,55-/m1/s1. The molecule has 0 radical (unpaired) electrons. The fraction of sp³-hybridized carbons (Fsp3) is 0.536. The number of aromatic nitrogens is 2. The first-order chi connectivity index (χ1) is 36.1. The van der Waals surface area contributed by atoms with Gasteiger partial charge in [-0.05, 0) is 130 Å². The highest BCUT2D eigenvalue weighted by atomic mass is 32.2. The molecule has 2 atom stereocenters. The average Bonchev–Trinajstić information content (AvgIpc) is 4.08. The fourth-order valence-corrected chi connectivity index (χ4v) is 13.7. The molecule has 3 aromatic carbocycles. The summed E-state index contributed by atoms with van der Waals surface area (Å²) in [7, 11) is -4.73. The topological polar surface area (TPSA) is 214 Å². The lowest BCUT2D eigenvalue weighted by Crippen LogP contribution is -2.54. The van der Waals surface area contributed by atoms with Crippen molar-refractivity contribution < 1.29 is 42.2 Å². The Morgan fingerprint density at radius 3 is 2.51 bits per heavy atom. The highest BCUT2D eigenvalue weighted by molar-refractivity contribution is 7.90. The summed E-state index contributed by atoms with van der Waals surface area (Å²) < 4.78 is 55.2. The number of rotatable bonds is 15. The van der Waals surface area contributed by atoms with Crippen LogP contribution in [0.15, 0.2) is 77.8 Å². The number of nitro benzene ring substituents is 1. The number of likely N-dealkylation sites (tertiary alicyclic amines) is 1. The van der Waals surface area contributed by atoms with Crippen molar-refractivity contribution in [1.82, 2.24) is 24.5 Å². The van der Waals surface area contributed by atoms with E-state index in [9.17, 15) is 28.4 Å². The molecule has 4 aliphatic heterocycles. The number of amides is 1. The third-order valence-electron chi connectivity index (χ3n) is 17.1. The summed E-state index contributed by atoms with van der Waals surface area (Å²) in [6.07, 6.45) is 11.2. The summed E-state index contributed by atoms with van der Waals surface area (Å²) in [5.74, 6) is 0.0821. The number of carbonyl (C=O) groups is 1. The predicted molar refractivity (Wildman–Crippen MR) is 285 cm³/mol. The van der Waals surface area contributed by atoms with Crippen molar-refractivity contribution in [2.24, 2.45) is 11.3 Å². The number of H-pyrrole nitrogens is 1. The van der Waals surface area contributed by atoms with Crippen LogP contribution < -0.4 is 29.1 Å². The van der Waals surface area contributed by atoms with Gasteiger partial charge in [-0.15, -0.1) is 0 Å². The number of nitrogens with one attached hydrogen (secondary N) is 3. The minimum atomic E-state index is -4.73. The van der Waals surface area contributed by atoms with Gasteiger partial charge in [0.2, 0.25) is 0 Å². The quantitative estimate of drug-likeness (QED) is 0.0569. The van der Waals surface area contributed by atoms with Crippen molar-refractivity contribution in [1.29, 1.82) is 0 Å². The van der Waals surface area contributed by atoms with Crippen molar-refractivity contribution >= 4 is 44.0 Å². The van der Waals surface area contributed by atoms with Gasteiger partial charge in [-0.3, -0.25) is 24.7 Å². The van der Waals surface area contributed by atoms with Gasteiger partial charge in [0.05, 0.1) is 40.2 Å². The Bertz CT molecular complexity index is 3020. The Kier molecular flexibility index (Phi) is 14.2. The number of ether oxygens (including phenoxy) is 4. The van der Waals surface area contributed by atoms with Gasteiger partial charge in [0.25, 0.3) is 27.5 Å². The van der Waals surface area contributed by atoms with Crippen molar-refractivity contribution in [2.75, 3.05) is 75.9 Å². The molecule has 11 rings (SSSR count). The maximum absolute atomic E-state index is 14.5. The first-order valence-corrected chi connectivity index (χ1v) is 28.4. The van der Waals surface area contributed by atoms with E-state index in [1.807, 2.05) is 19.1 Å².